The molecule has 82 valence electrons. The summed E-state index contributed by atoms with van der Waals surface area (Å²) in [5.41, 5.74) is 5.18. The lowest BCUT2D eigenvalue weighted by molar-refractivity contribution is -0.140. The minimum Gasteiger partial charge on any atom is -0.469 e. The maximum atomic E-state index is 11.3. The topological polar surface area (TPSA) is 120 Å². The van der Waals surface area contributed by atoms with Gasteiger partial charge in [0.25, 0.3) is 5.91 Å². The zero-order valence-corrected chi connectivity index (χ0v) is 8.02. The molecule has 15 heavy (non-hydrogen) atoms. The molecule has 8 nitrogen and oxygen atoms in total. The maximum absolute atomic E-state index is 11.3. The fraction of sp³-hybridized carbons (Fsp3) is 0.429. The van der Waals surface area contributed by atoms with Crippen molar-refractivity contribution in [3.8, 4) is 0 Å². The number of nitrogens with zero attached hydrogens (tertiary/aromatic N) is 2. The van der Waals surface area contributed by atoms with Gasteiger partial charge in [-0.3, -0.25) is 9.59 Å². The predicted molar refractivity (Wildman–Crippen MR) is 47.7 cm³/mol. The molecule has 1 aromatic heterocycles. The number of ether oxygens (including phenoxy) is 1. The van der Waals surface area contributed by atoms with Crippen molar-refractivity contribution in [3.05, 3.63) is 5.69 Å². The molecule has 0 aliphatic rings. The maximum Gasteiger partial charge on any atom is 0.307 e. The van der Waals surface area contributed by atoms with E-state index in [-0.39, 0.29) is 24.5 Å². The first-order valence-electron chi connectivity index (χ1n) is 4.08. The molecule has 0 saturated heterocycles. The van der Waals surface area contributed by atoms with Crippen LogP contribution in [0.2, 0.25) is 0 Å². The van der Waals surface area contributed by atoms with Gasteiger partial charge in [-0.2, -0.15) is 0 Å². The van der Waals surface area contributed by atoms with E-state index in [0.717, 1.165) is 0 Å². The molecule has 0 fully saturated rings. The second kappa shape index (κ2) is 4.94. The second-order valence-corrected chi connectivity index (χ2v) is 2.58. The van der Waals surface area contributed by atoms with Crippen LogP contribution in [0.15, 0.2) is 4.63 Å². The van der Waals surface area contributed by atoms with Gasteiger partial charge in [-0.15, -0.1) is 0 Å². The summed E-state index contributed by atoms with van der Waals surface area (Å²) in [4.78, 5) is 22.0. The number of anilines is 1. The van der Waals surface area contributed by atoms with Crippen LogP contribution in [-0.2, 0) is 9.53 Å². The van der Waals surface area contributed by atoms with E-state index in [9.17, 15) is 9.59 Å². The molecule has 1 aromatic rings. The van der Waals surface area contributed by atoms with Crippen LogP contribution in [0.25, 0.3) is 0 Å². The van der Waals surface area contributed by atoms with Crippen molar-refractivity contribution in [2.45, 2.75) is 6.42 Å². The summed E-state index contributed by atoms with van der Waals surface area (Å²) in [7, 11) is 1.27. The molecule has 1 amide bonds. The summed E-state index contributed by atoms with van der Waals surface area (Å²) in [6.45, 7) is 0.137. The van der Waals surface area contributed by atoms with Crippen LogP contribution in [0.3, 0.4) is 0 Å². The zero-order valence-electron chi connectivity index (χ0n) is 8.02. The van der Waals surface area contributed by atoms with Crippen LogP contribution in [0.1, 0.15) is 16.9 Å². The number of hydrogen-bond donors (Lipinski definition) is 2. The first-order valence-corrected chi connectivity index (χ1v) is 4.08. The third-order valence-corrected chi connectivity index (χ3v) is 1.57. The average Bonchev–Trinajstić information content (AvgIpc) is 2.64. The van der Waals surface area contributed by atoms with E-state index in [4.69, 9.17) is 5.73 Å². The molecule has 0 aliphatic carbocycles. The minimum atomic E-state index is -0.544. The van der Waals surface area contributed by atoms with Gasteiger partial charge in [-0.1, -0.05) is 0 Å². The predicted octanol–water partition coefficient (Wildman–Crippen LogP) is -1.06. The van der Waals surface area contributed by atoms with E-state index in [0.29, 0.717) is 0 Å². The molecule has 8 heteroatoms. The number of aromatic nitrogens is 2. The van der Waals surface area contributed by atoms with Gasteiger partial charge < -0.3 is 15.8 Å². The molecular formula is C7H10N4O4. The van der Waals surface area contributed by atoms with Crippen molar-refractivity contribution in [2.75, 3.05) is 19.4 Å². The van der Waals surface area contributed by atoms with Gasteiger partial charge in [0.15, 0.2) is 0 Å². The van der Waals surface area contributed by atoms with Crippen LogP contribution in [0.5, 0.6) is 0 Å². The van der Waals surface area contributed by atoms with E-state index in [1.807, 2.05) is 0 Å². The fourth-order valence-corrected chi connectivity index (χ4v) is 0.817. The van der Waals surface area contributed by atoms with E-state index in [2.05, 4.69) is 25.0 Å². The normalized spacial score (nSPS) is 9.67. The average molecular weight is 214 g/mol. The highest BCUT2D eigenvalue weighted by atomic mass is 16.6. The Bertz CT molecular complexity index is 362. The number of rotatable bonds is 4. The Morgan fingerprint density at radius 2 is 2.27 bits per heavy atom. The smallest absolute Gasteiger partial charge is 0.307 e. The van der Waals surface area contributed by atoms with Crippen molar-refractivity contribution >= 4 is 17.7 Å². The second-order valence-electron chi connectivity index (χ2n) is 2.58. The molecule has 0 aromatic carbocycles. The lowest BCUT2D eigenvalue weighted by atomic mass is 10.3. The number of nitrogen functional groups attached to an aromatic ring is 1. The Kier molecular flexibility index (Phi) is 3.61. The number of nitrogens with two attached hydrogens (primary N) is 1. The molecule has 0 unspecified atom stereocenters. The quantitative estimate of drug-likeness (QED) is 0.613. The van der Waals surface area contributed by atoms with E-state index in [1.54, 1.807) is 0 Å². The number of esters is 1. The largest absolute Gasteiger partial charge is 0.469 e. The van der Waals surface area contributed by atoms with Gasteiger partial charge in [0, 0.05) is 6.54 Å². The van der Waals surface area contributed by atoms with Crippen LogP contribution in [0, 0.1) is 0 Å². The molecule has 0 atom stereocenters. The number of hydrogen-bond acceptors (Lipinski definition) is 7. The van der Waals surface area contributed by atoms with E-state index >= 15 is 0 Å². The monoisotopic (exact) mass is 214 g/mol. The Morgan fingerprint density at radius 3 is 2.80 bits per heavy atom. The van der Waals surface area contributed by atoms with E-state index < -0.39 is 11.9 Å². The van der Waals surface area contributed by atoms with Crippen LogP contribution < -0.4 is 11.1 Å². The lowest BCUT2D eigenvalue weighted by Gasteiger charge is -2.01. The summed E-state index contributed by atoms with van der Waals surface area (Å²) in [5.74, 6) is -1.05. The Hall–Kier alpha value is -2.12. The fourth-order valence-electron chi connectivity index (χ4n) is 0.817. The van der Waals surface area contributed by atoms with Crippen LogP contribution in [-0.4, -0.2) is 35.8 Å². The number of methoxy groups -OCH3 is 1. The van der Waals surface area contributed by atoms with Crippen LogP contribution in [0.4, 0.5) is 5.82 Å². The Balaban J connectivity index is 2.38. The van der Waals surface area contributed by atoms with Gasteiger partial charge in [-0.25, -0.2) is 4.63 Å². The highest BCUT2D eigenvalue weighted by Gasteiger charge is 2.15. The van der Waals surface area contributed by atoms with Gasteiger partial charge >= 0.3 is 5.97 Å². The van der Waals surface area contributed by atoms with Crippen molar-refractivity contribution in [1.29, 1.82) is 0 Å². The molecule has 1 rings (SSSR count). The summed E-state index contributed by atoms with van der Waals surface area (Å²) in [6, 6.07) is 0. The summed E-state index contributed by atoms with van der Waals surface area (Å²) >= 11 is 0. The highest BCUT2D eigenvalue weighted by molar-refractivity contribution is 5.96. The van der Waals surface area contributed by atoms with Crippen molar-refractivity contribution < 1.29 is 19.0 Å². The molecule has 0 spiro atoms. The summed E-state index contributed by atoms with van der Waals surface area (Å²) < 4.78 is 8.62. The van der Waals surface area contributed by atoms with Gasteiger partial charge in [0.05, 0.1) is 13.5 Å². The Morgan fingerprint density at radius 1 is 1.53 bits per heavy atom. The van der Waals surface area contributed by atoms with Gasteiger partial charge in [-0.05, 0) is 10.3 Å². The SMILES string of the molecule is COC(=O)CCNC(=O)c1nonc1N. The van der Waals surface area contributed by atoms with Crippen LogP contribution >= 0.6 is 0 Å². The molecular weight excluding hydrogens is 204 g/mol. The highest BCUT2D eigenvalue weighted by Crippen LogP contribution is 2.02. The zero-order chi connectivity index (χ0) is 11.3. The van der Waals surface area contributed by atoms with Gasteiger partial charge in [0.2, 0.25) is 11.5 Å². The van der Waals surface area contributed by atoms with Gasteiger partial charge in [0.1, 0.15) is 0 Å². The third-order valence-electron chi connectivity index (χ3n) is 1.57. The molecule has 0 aliphatic heterocycles. The first-order chi connectivity index (χ1) is 7.15. The van der Waals surface area contributed by atoms with Crippen molar-refractivity contribution in [3.63, 3.8) is 0 Å². The molecule has 0 bridgehead atoms. The van der Waals surface area contributed by atoms with Crippen molar-refractivity contribution in [1.82, 2.24) is 15.6 Å². The standard InChI is InChI=1S/C7H10N4O4/c1-14-4(12)2-3-9-7(13)5-6(8)11-15-10-5/h2-3H2,1H3,(H2,8,11)(H,9,13). The molecule has 1 heterocycles. The summed E-state index contributed by atoms with van der Waals surface area (Å²) in [5, 5.41) is 8.94. The molecule has 3 N–H and O–H groups in total. The number of carbonyl (C=O) groups is 2. The number of nitrogens with one attached hydrogen (secondary N) is 1. The third kappa shape index (κ3) is 2.93. The van der Waals surface area contributed by atoms with Crippen molar-refractivity contribution in [2.24, 2.45) is 0 Å². The Labute approximate surface area is 84.7 Å². The number of carbonyl (C=O) groups excluding carboxylic acids is 2. The molecule has 0 radical (unpaired) electrons. The molecule has 0 saturated carbocycles. The van der Waals surface area contributed by atoms with E-state index in [1.165, 1.54) is 7.11 Å². The minimum absolute atomic E-state index is 0.0768. The number of amides is 1. The lowest BCUT2D eigenvalue weighted by Crippen LogP contribution is -2.27. The summed E-state index contributed by atoms with van der Waals surface area (Å²) in [6.07, 6.45) is 0.0768. The first kappa shape index (κ1) is 11.0.